The molecule has 14 heavy (non-hydrogen) atoms. The molecule has 0 saturated carbocycles. The van der Waals surface area contributed by atoms with Gasteiger partial charge in [0, 0.05) is 0 Å². The van der Waals surface area contributed by atoms with Gasteiger partial charge in [-0.25, -0.2) is 17.9 Å². The van der Waals surface area contributed by atoms with Crippen molar-refractivity contribution in [1.29, 1.82) is 0 Å². The molecule has 0 saturated heterocycles. The molecule has 0 aliphatic heterocycles. The summed E-state index contributed by atoms with van der Waals surface area (Å²) < 4.78 is 35.1. The molecule has 0 bridgehead atoms. The van der Waals surface area contributed by atoms with E-state index in [1.807, 2.05) is 13.8 Å². The zero-order valence-electron chi connectivity index (χ0n) is 7.99. The Labute approximate surface area is 82.8 Å². The average Bonchev–Trinajstić information content (AvgIpc) is 2.01. The van der Waals surface area contributed by atoms with E-state index in [1.165, 1.54) is 12.1 Å². The highest BCUT2D eigenvalue weighted by atomic mass is 32.2. The number of nitrogens with two attached hydrogens (primary N) is 1. The van der Waals surface area contributed by atoms with Crippen LogP contribution in [0.5, 0.6) is 0 Å². The first-order valence-corrected chi connectivity index (χ1v) is 5.69. The highest BCUT2D eigenvalue weighted by Gasteiger charge is 2.12. The Morgan fingerprint density at radius 2 is 1.93 bits per heavy atom. The van der Waals surface area contributed by atoms with E-state index >= 15 is 0 Å². The van der Waals surface area contributed by atoms with Gasteiger partial charge >= 0.3 is 0 Å². The van der Waals surface area contributed by atoms with Crippen LogP contribution in [0.2, 0.25) is 0 Å². The summed E-state index contributed by atoms with van der Waals surface area (Å²) in [5, 5.41) is 4.86. The van der Waals surface area contributed by atoms with Crippen molar-refractivity contribution in [3.05, 3.63) is 29.6 Å². The van der Waals surface area contributed by atoms with Gasteiger partial charge in [0.15, 0.2) is 0 Å². The van der Waals surface area contributed by atoms with Crippen molar-refractivity contribution in [2.24, 2.45) is 5.14 Å². The van der Waals surface area contributed by atoms with Crippen molar-refractivity contribution in [1.82, 2.24) is 0 Å². The third-order valence-electron chi connectivity index (χ3n) is 1.92. The quantitative estimate of drug-likeness (QED) is 0.817. The Hall–Kier alpha value is -0.940. The van der Waals surface area contributed by atoms with Gasteiger partial charge in [0.2, 0.25) is 10.0 Å². The van der Waals surface area contributed by atoms with E-state index < -0.39 is 15.8 Å². The lowest BCUT2D eigenvalue weighted by Crippen LogP contribution is -2.12. The van der Waals surface area contributed by atoms with E-state index in [1.54, 1.807) is 0 Å². The maximum absolute atomic E-state index is 13.3. The van der Waals surface area contributed by atoms with Gasteiger partial charge in [-0.15, -0.1) is 0 Å². The van der Waals surface area contributed by atoms with Crippen LogP contribution in [0, 0.1) is 5.82 Å². The first-order valence-electron chi connectivity index (χ1n) is 4.14. The van der Waals surface area contributed by atoms with E-state index in [9.17, 15) is 12.8 Å². The van der Waals surface area contributed by atoms with Crippen LogP contribution in [-0.4, -0.2) is 8.42 Å². The number of primary sulfonamides is 1. The molecule has 0 heterocycles. The number of sulfonamides is 1. The second-order valence-electron chi connectivity index (χ2n) is 3.38. The van der Waals surface area contributed by atoms with Crippen LogP contribution in [0.4, 0.5) is 4.39 Å². The molecular weight excluding hydrogens is 205 g/mol. The van der Waals surface area contributed by atoms with Crippen molar-refractivity contribution in [3.63, 3.8) is 0 Å². The first-order chi connectivity index (χ1) is 6.32. The number of benzene rings is 1. The normalized spacial score (nSPS) is 12.1. The monoisotopic (exact) mass is 217 g/mol. The van der Waals surface area contributed by atoms with Crippen LogP contribution in [0.1, 0.15) is 25.3 Å². The first kappa shape index (κ1) is 11.1. The molecule has 0 amide bonds. The second kappa shape index (κ2) is 3.67. The lowest BCUT2D eigenvalue weighted by atomic mass is 10.0. The SMILES string of the molecule is CC(C)c1ccc(S(N)(=O)=O)cc1F. The minimum atomic E-state index is -3.81. The molecular formula is C9H12FNO2S. The summed E-state index contributed by atoms with van der Waals surface area (Å²) in [6.07, 6.45) is 0. The third-order valence-corrected chi connectivity index (χ3v) is 2.83. The molecule has 0 spiro atoms. The fourth-order valence-electron chi connectivity index (χ4n) is 1.15. The van der Waals surface area contributed by atoms with Crippen LogP contribution < -0.4 is 5.14 Å². The van der Waals surface area contributed by atoms with Crippen LogP contribution >= 0.6 is 0 Å². The Kier molecular flexibility index (Phi) is 2.92. The lowest BCUT2D eigenvalue weighted by Gasteiger charge is -2.07. The van der Waals surface area contributed by atoms with Gasteiger partial charge in [-0.05, 0) is 23.6 Å². The molecule has 0 atom stereocenters. The molecule has 5 heteroatoms. The van der Waals surface area contributed by atoms with Crippen molar-refractivity contribution >= 4 is 10.0 Å². The van der Waals surface area contributed by atoms with E-state index in [0.717, 1.165) is 6.07 Å². The van der Waals surface area contributed by atoms with Gasteiger partial charge in [-0.3, -0.25) is 0 Å². The van der Waals surface area contributed by atoms with Crippen LogP contribution in [0.3, 0.4) is 0 Å². The van der Waals surface area contributed by atoms with E-state index in [2.05, 4.69) is 0 Å². The molecule has 0 fully saturated rings. The Morgan fingerprint density at radius 3 is 2.29 bits per heavy atom. The van der Waals surface area contributed by atoms with E-state index in [4.69, 9.17) is 5.14 Å². The summed E-state index contributed by atoms with van der Waals surface area (Å²) in [4.78, 5) is -0.195. The molecule has 2 N–H and O–H groups in total. The fourth-order valence-corrected chi connectivity index (χ4v) is 1.68. The van der Waals surface area contributed by atoms with Crippen molar-refractivity contribution in [2.45, 2.75) is 24.7 Å². The molecule has 78 valence electrons. The summed E-state index contributed by atoms with van der Waals surface area (Å²) in [5.41, 5.74) is 0.484. The van der Waals surface area contributed by atoms with Crippen molar-refractivity contribution < 1.29 is 12.8 Å². The zero-order valence-corrected chi connectivity index (χ0v) is 8.81. The molecule has 1 aromatic rings. The topological polar surface area (TPSA) is 60.2 Å². The van der Waals surface area contributed by atoms with Gasteiger partial charge in [-0.1, -0.05) is 19.9 Å². The van der Waals surface area contributed by atoms with Crippen LogP contribution in [0.15, 0.2) is 23.1 Å². The predicted molar refractivity (Wildman–Crippen MR) is 51.9 cm³/mol. The summed E-state index contributed by atoms with van der Waals surface area (Å²) in [5.74, 6) is -0.518. The Morgan fingerprint density at radius 1 is 1.36 bits per heavy atom. The standard InChI is InChI=1S/C9H12FNO2S/c1-6(2)8-4-3-7(5-9(8)10)14(11,12)13/h3-6H,1-2H3,(H2,11,12,13). The van der Waals surface area contributed by atoms with Gasteiger partial charge in [0.05, 0.1) is 4.90 Å². The average molecular weight is 217 g/mol. The minimum Gasteiger partial charge on any atom is -0.225 e. The summed E-state index contributed by atoms with van der Waals surface area (Å²) in [6.45, 7) is 3.66. The van der Waals surface area contributed by atoms with E-state index in [0.29, 0.717) is 5.56 Å². The van der Waals surface area contributed by atoms with Crippen LogP contribution in [-0.2, 0) is 10.0 Å². The number of hydrogen-bond donors (Lipinski definition) is 1. The molecule has 0 aromatic heterocycles. The number of hydrogen-bond acceptors (Lipinski definition) is 2. The van der Waals surface area contributed by atoms with Crippen molar-refractivity contribution in [2.75, 3.05) is 0 Å². The summed E-state index contributed by atoms with van der Waals surface area (Å²) >= 11 is 0. The molecule has 0 aliphatic rings. The minimum absolute atomic E-state index is 0.0181. The maximum atomic E-state index is 13.3. The summed E-state index contributed by atoms with van der Waals surface area (Å²) in [7, 11) is -3.81. The molecule has 1 rings (SSSR count). The number of halogens is 1. The fraction of sp³-hybridized carbons (Fsp3) is 0.333. The lowest BCUT2D eigenvalue weighted by molar-refractivity contribution is 0.582. The van der Waals surface area contributed by atoms with Gasteiger partial charge in [0.25, 0.3) is 0 Å². The smallest absolute Gasteiger partial charge is 0.225 e. The maximum Gasteiger partial charge on any atom is 0.238 e. The number of rotatable bonds is 2. The highest BCUT2D eigenvalue weighted by molar-refractivity contribution is 7.89. The Balaban J connectivity index is 3.27. The zero-order chi connectivity index (χ0) is 10.9. The van der Waals surface area contributed by atoms with Gasteiger partial charge in [-0.2, -0.15) is 0 Å². The van der Waals surface area contributed by atoms with Crippen LogP contribution in [0.25, 0.3) is 0 Å². The molecule has 0 unspecified atom stereocenters. The molecule has 0 radical (unpaired) electrons. The van der Waals surface area contributed by atoms with Gasteiger partial charge in [0.1, 0.15) is 5.82 Å². The third kappa shape index (κ3) is 2.30. The predicted octanol–water partition coefficient (Wildman–Crippen LogP) is 1.60. The Bertz CT molecular complexity index is 440. The van der Waals surface area contributed by atoms with Crippen molar-refractivity contribution in [3.8, 4) is 0 Å². The molecule has 0 aliphatic carbocycles. The van der Waals surface area contributed by atoms with E-state index in [-0.39, 0.29) is 10.8 Å². The largest absolute Gasteiger partial charge is 0.238 e. The summed E-state index contributed by atoms with van der Waals surface area (Å²) in [6, 6.07) is 3.71. The second-order valence-corrected chi connectivity index (χ2v) is 4.94. The molecule has 3 nitrogen and oxygen atoms in total. The van der Waals surface area contributed by atoms with Gasteiger partial charge < -0.3 is 0 Å². The highest BCUT2D eigenvalue weighted by Crippen LogP contribution is 2.20. The molecule has 1 aromatic carbocycles.